The van der Waals surface area contributed by atoms with Crippen LogP contribution in [0.1, 0.15) is 24.5 Å². The Hall–Kier alpha value is -2.00. The van der Waals surface area contributed by atoms with Crippen LogP contribution >= 0.6 is 0 Å². The fraction of sp³-hybridized carbons (Fsp3) is 0.385. The molecule has 1 aromatic carbocycles. The zero-order valence-electron chi connectivity index (χ0n) is 9.86. The van der Waals surface area contributed by atoms with Crippen LogP contribution in [0.25, 0.3) is 0 Å². The lowest BCUT2D eigenvalue weighted by atomic mass is 10.1. The highest BCUT2D eigenvalue weighted by molar-refractivity contribution is 5.60. The minimum atomic E-state index is 0.110. The molecule has 0 N–H and O–H groups in total. The molecule has 0 amide bonds. The van der Waals surface area contributed by atoms with E-state index in [1.165, 1.54) is 0 Å². The van der Waals surface area contributed by atoms with Crippen LogP contribution in [-0.2, 0) is 0 Å². The van der Waals surface area contributed by atoms with Crippen molar-refractivity contribution in [2.45, 2.75) is 26.3 Å². The van der Waals surface area contributed by atoms with E-state index in [0.29, 0.717) is 12.0 Å². The maximum atomic E-state index is 9.03. The van der Waals surface area contributed by atoms with Gasteiger partial charge in [-0.05, 0) is 31.5 Å². The molecule has 3 heteroatoms. The zero-order valence-corrected chi connectivity index (χ0v) is 9.86. The van der Waals surface area contributed by atoms with Gasteiger partial charge in [0, 0.05) is 13.1 Å². The monoisotopic (exact) mass is 213 g/mol. The molecule has 1 unspecified atom stereocenters. The first-order valence-electron chi connectivity index (χ1n) is 5.20. The number of hydrogen-bond acceptors (Lipinski definition) is 3. The second-order valence-electron chi connectivity index (χ2n) is 3.95. The standard InChI is InChI=1S/C13H15N3/c1-10-4-5-12(9-15)13(8-10)16(3)11(2)6-7-14/h4-5,8,11H,6H2,1-3H3. The van der Waals surface area contributed by atoms with E-state index in [1.54, 1.807) is 0 Å². The number of hydrogen-bond donors (Lipinski definition) is 0. The molecule has 0 fully saturated rings. The average molecular weight is 213 g/mol. The summed E-state index contributed by atoms with van der Waals surface area (Å²) in [5.74, 6) is 0. The fourth-order valence-electron chi connectivity index (χ4n) is 1.53. The van der Waals surface area contributed by atoms with Crippen LogP contribution in [-0.4, -0.2) is 13.1 Å². The Morgan fingerprint density at radius 3 is 2.62 bits per heavy atom. The molecule has 0 aliphatic heterocycles. The lowest BCUT2D eigenvalue weighted by Crippen LogP contribution is -2.29. The summed E-state index contributed by atoms with van der Waals surface area (Å²) in [4.78, 5) is 1.98. The number of aryl methyl sites for hydroxylation is 1. The third kappa shape index (κ3) is 2.52. The SMILES string of the molecule is Cc1ccc(C#N)c(N(C)C(C)CC#N)c1. The maximum Gasteiger partial charge on any atom is 0.101 e. The highest BCUT2D eigenvalue weighted by atomic mass is 15.1. The van der Waals surface area contributed by atoms with Crippen molar-refractivity contribution in [2.24, 2.45) is 0 Å². The fourth-order valence-corrected chi connectivity index (χ4v) is 1.53. The van der Waals surface area contributed by atoms with E-state index in [4.69, 9.17) is 10.5 Å². The first kappa shape index (κ1) is 12.1. The first-order chi connectivity index (χ1) is 7.60. The van der Waals surface area contributed by atoms with Crippen molar-refractivity contribution >= 4 is 5.69 Å². The molecule has 0 saturated heterocycles. The van der Waals surface area contributed by atoms with Crippen molar-refractivity contribution in [3.05, 3.63) is 29.3 Å². The van der Waals surface area contributed by atoms with Crippen molar-refractivity contribution in [1.29, 1.82) is 10.5 Å². The van der Waals surface area contributed by atoms with Crippen LogP contribution in [0.4, 0.5) is 5.69 Å². The quantitative estimate of drug-likeness (QED) is 0.775. The third-order valence-corrected chi connectivity index (χ3v) is 2.70. The van der Waals surface area contributed by atoms with Gasteiger partial charge in [-0.1, -0.05) is 6.07 Å². The molecule has 0 aliphatic rings. The highest BCUT2D eigenvalue weighted by Crippen LogP contribution is 2.22. The van der Waals surface area contributed by atoms with Crippen molar-refractivity contribution in [3.8, 4) is 12.1 Å². The van der Waals surface area contributed by atoms with E-state index in [-0.39, 0.29) is 6.04 Å². The lowest BCUT2D eigenvalue weighted by Gasteiger charge is -2.26. The second-order valence-corrected chi connectivity index (χ2v) is 3.95. The molecule has 3 nitrogen and oxygen atoms in total. The number of nitrogens with zero attached hydrogens (tertiary/aromatic N) is 3. The highest BCUT2D eigenvalue weighted by Gasteiger charge is 2.13. The molecule has 0 aliphatic carbocycles. The van der Waals surface area contributed by atoms with Crippen molar-refractivity contribution in [3.63, 3.8) is 0 Å². The van der Waals surface area contributed by atoms with E-state index in [2.05, 4.69) is 12.1 Å². The van der Waals surface area contributed by atoms with Gasteiger partial charge in [0.2, 0.25) is 0 Å². The molecule has 0 saturated carbocycles. The van der Waals surface area contributed by atoms with Gasteiger partial charge in [-0.3, -0.25) is 0 Å². The minimum Gasteiger partial charge on any atom is -0.370 e. The predicted octanol–water partition coefficient (Wildman–Crippen LogP) is 2.61. The van der Waals surface area contributed by atoms with Gasteiger partial charge in [0.05, 0.1) is 23.7 Å². The zero-order chi connectivity index (χ0) is 12.1. The number of rotatable bonds is 3. The summed E-state index contributed by atoms with van der Waals surface area (Å²) in [5, 5.41) is 17.7. The van der Waals surface area contributed by atoms with Crippen molar-refractivity contribution < 1.29 is 0 Å². The van der Waals surface area contributed by atoms with Crippen LogP contribution in [0.15, 0.2) is 18.2 Å². The van der Waals surface area contributed by atoms with E-state index in [9.17, 15) is 0 Å². The van der Waals surface area contributed by atoms with Gasteiger partial charge in [0.1, 0.15) is 6.07 Å². The Labute approximate surface area is 96.5 Å². The van der Waals surface area contributed by atoms with Gasteiger partial charge in [-0.25, -0.2) is 0 Å². The van der Waals surface area contributed by atoms with Crippen molar-refractivity contribution in [2.75, 3.05) is 11.9 Å². The average Bonchev–Trinajstić information content (AvgIpc) is 2.28. The Balaban J connectivity index is 3.08. The Morgan fingerprint density at radius 1 is 1.38 bits per heavy atom. The summed E-state index contributed by atoms with van der Waals surface area (Å²) in [6.07, 6.45) is 0.454. The van der Waals surface area contributed by atoms with Crippen LogP contribution in [0.2, 0.25) is 0 Å². The van der Waals surface area contributed by atoms with Crippen LogP contribution < -0.4 is 4.90 Å². The smallest absolute Gasteiger partial charge is 0.101 e. The summed E-state index contributed by atoms with van der Waals surface area (Å²) in [6.45, 7) is 3.97. The predicted molar refractivity (Wildman–Crippen MR) is 64.0 cm³/mol. The number of benzene rings is 1. The topological polar surface area (TPSA) is 50.8 Å². The molecule has 0 aromatic heterocycles. The van der Waals surface area contributed by atoms with Crippen molar-refractivity contribution in [1.82, 2.24) is 0 Å². The summed E-state index contributed by atoms with van der Waals surface area (Å²) >= 11 is 0. The molecule has 1 aromatic rings. The normalized spacial score (nSPS) is 11.3. The molecule has 82 valence electrons. The van der Waals surface area contributed by atoms with Crippen LogP contribution in [0.3, 0.4) is 0 Å². The molecule has 0 spiro atoms. The van der Waals surface area contributed by atoms with E-state index in [1.807, 2.05) is 44.0 Å². The Morgan fingerprint density at radius 2 is 2.06 bits per heavy atom. The van der Waals surface area contributed by atoms with Crippen LogP contribution in [0.5, 0.6) is 0 Å². The van der Waals surface area contributed by atoms with E-state index in [0.717, 1.165) is 11.3 Å². The largest absolute Gasteiger partial charge is 0.370 e. The van der Waals surface area contributed by atoms with Gasteiger partial charge in [-0.2, -0.15) is 10.5 Å². The first-order valence-corrected chi connectivity index (χ1v) is 5.20. The molecule has 1 rings (SSSR count). The van der Waals surface area contributed by atoms with Gasteiger partial charge in [0.25, 0.3) is 0 Å². The van der Waals surface area contributed by atoms with E-state index >= 15 is 0 Å². The molecular formula is C13H15N3. The summed E-state index contributed by atoms with van der Waals surface area (Å²) in [6, 6.07) is 10.2. The number of nitriles is 2. The van der Waals surface area contributed by atoms with Gasteiger partial charge in [0.15, 0.2) is 0 Å². The second kappa shape index (κ2) is 5.19. The summed E-state index contributed by atoms with van der Waals surface area (Å²) in [5.41, 5.74) is 2.66. The van der Waals surface area contributed by atoms with Gasteiger partial charge < -0.3 is 4.90 Å². The molecule has 1 atom stereocenters. The molecule has 16 heavy (non-hydrogen) atoms. The summed E-state index contributed by atoms with van der Waals surface area (Å²) < 4.78 is 0. The maximum absolute atomic E-state index is 9.03. The minimum absolute atomic E-state index is 0.110. The Bertz CT molecular complexity index is 451. The Kier molecular flexibility index (Phi) is 3.91. The third-order valence-electron chi connectivity index (χ3n) is 2.70. The molecule has 0 heterocycles. The summed E-state index contributed by atoms with van der Waals surface area (Å²) in [7, 11) is 1.91. The van der Waals surface area contributed by atoms with Gasteiger partial charge >= 0.3 is 0 Å². The van der Waals surface area contributed by atoms with E-state index < -0.39 is 0 Å². The molecule has 0 radical (unpaired) electrons. The molecule has 0 bridgehead atoms. The van der Waals surface area contributed by atoms with Crippen LogP contribution in [0, 0.1) is 29.6 Å². The number of anilines is 1. The van der Waals surface area contributed by atoms with Gasteiger partial charge in [-0.15, -0.1) is 0 Å². The molecular weight excluding hydrogens is 198 g/mol. The lowest BCUT2D eigenvalue weighted by molar-refractivity contribution is 0.702.